The summed E-state index contributed by atoms with van der Waals surface area (Å²) in [6.07, 6.45) is 6.02. The molecule has 2 aliphatic carbocycles. The number of fused-ring (bicyclic) bond motifs is 3. The summed E-state index contributed by atoms with van der Waals surface area (Å²) in [5, 5.41) is 10.3. The molecule has 2 aromatic rings. The van der Waals surface area contributed by atoms with Gasteiger partial charge in [0.2, 0.25) is 17.7 Å². The maximum atomic E-state index is 14.3. The van der Waals surface area contributed by atoms with Gasteiger partial charge in [-0.3, -0.25) is 23.9 Å². The van der Waals surface area contributed by atoms with Gasteiger partial charge in [-0.15, -0.1) is 0 Å². The average molecular weight is 659 g/mol. The van der Waals surface area contributed by atoms with E-state index in [9.17, 15) is 19.2 Å². The molecular weight excluding hydrogens is 608 g/mol. The van der Waals surface area contributed by atoms with Crippen molar-refractivity contribution in [3.63, 3.8) is 0 Å². The fraction of sp³-hybridized carbons (Fsp3) is 0.649. The Morgan fingerprint density at radius 1 is 1.04 bits per heavy atom. The van der Waals surface area contributed by atoms with E-state index < -0.39 is 23.5 Å². The summed E-state index contributed by atoms with van der Waals surface area (Å²) >= 11 is 0. The van der Waals surface area contributed by atoms with Crippen molar-refractivity contribution in [3.05, 3.63) is 53.9 Å². The van der Waals surface area contributed by atoms with E-state index in [1.807, 2.05) is 35.2 Å². The summed E-state index contributed by atoms with van der Waals surface area (Å²) in [5.74, 6) is -0.225. The summed E-state index contributed by atoms with van der Waals surface area (Å²) in [6, 6.07) is 8.97. The van der Waals surface area contributed by atoms with Crippen LogP contribution in [-0.4, -0.2) is 95.2 Å². The molecule has 8 rings (SSSR count). The molecule has 258 valence electrons. The molecule has 5 heterocycles. The van der Waals surface area contributed by atoms with E-state index in [-0.39, 0.29) is 47.4 Å². The zero-order valence-electron chi connectivity index (χ0n) is 28.9. The van der Waals surface area contributed by atoms with Gasteiger partial charge in [0.1, 0.15) is 6.04 Å². The van der Waals surface area contributed by atoms with E-state index in [4.69, 9.17) is 4.74 Å². The molecule has 4 amide bonds. The van der Waals surface area contributed by atoms with Crippen molar-refractivity contribution < 1.29 is 23.9 Å². The van der Waals surface area contributed by atoms with Crippen LogP contribution in [0.5, 0.6) is 0 Å². The van der Waals surface area contributed by atoms with Crippen LogP contribution in [0.25, 0.3) is 0 Å². The summed E-state index contributed by atoms with van der Waals surface area (Å²) < 4.78 is 8.46. The summed E-state index contributed by atoms with van der Waals surface area (Å²) in [5.41, 5.74) is 0.576. The fourth-order valence-corrected chi connectivity index (χ4v) is 9.76. The second-order valence-corrected chi connectivity index (χ2v) is 16.2. The van der Waals surface area contributed by atoms with E-state index in [0.717, 1.165) is 18.4 Å². The molecule has 11 nitrogen and oxygen atoms in total. The van der Waals surface area contributed by atoms with Crippen LogP contribution in [0.4, 0.5) is 0 Å². The van der Waals surface area contributed by atoms with E-state index in [1.165, 1.54) is 6.42 Å². The molecule has 2 unspecified atom stereocenters. The average Bonchev–Trinajstić information content (AvgIpc) is 3.36. The standard InChI is InChI=1S/C37H50N6O5/c1-22-11-23(2)13-25(12-22)18-48-31-28-29(36(28,3)4)35(47)42-20-37(21-42)19-41(17-27(37)32(44)40-30(31)33(45)38-5)34(46)26-14-39-43(16-26)15-24-9-7-6-8-10-24/h6-10,14,16,22-23,25,27-31H,11-13,15,17-21H2,1-5H3,(H,38,45)(H,40,44)/t22-,23+,25?,27-,28?,29+,30-,31+/m0/s1. The van der Waals surface area contributed by atoms with Gasteiger partial charge in [-0.2, -0.15) is 5.10 Å². The van der Waals surface area contributed by atoms with Crippen molar-refractivity contribution in [2.24, 2.45) is 46.3 Å². The predicted octanol–water partition coefficient (Wildman–Crippen LogP) is 2.81. The molecule has 11 heteroatoms. The van der Waals surface area contributed by atoms with Gasteiger partial charge in [0.15, 0.2) is 0 Å². The number of benzene rings is 1. The van der Waals surface area contributed by atoms with Crippen molar-refractivity contribution in [2.45, 2.75) is 65.6 Å². The van der Waals surface area contributed by atoms with Crippen LogP contribution in [0.2, 0.25) is 0 Å². The number of nitrogens with one attached hydrogen (secondary N) is 2. The number of hydrogen-bond acceptors (Lipinski definition) is 6. The SMILES string of the molecule is CNC(=O)[C@H]1NC(=O)[C@@H]2CN(C(=O)c3cnn(Cc4ccccc4)c3)CC23CN(C3)C(=O)[C@H]2C([C@H]1OCC1C[C@@H](C)C[C@@H](C)C1)C2(C)C. The lowest BCUT2D eigenvalue weighted by Crippen LogP contribution is -2.65. The second-order valence-electron chi connectivity index (χ2n) is 16.2. The molecule has 2 N–H and O–H groups in total. The van der Waals surface area contributed by atoms with Crippen LogP contribution in [0.3, 0.4) is 0 Å². The minimum Gasteiger partial charge on any atom is -0.375 e. The van der Waals surface area contributed by atoms with Crippen molar-refractivity contribution in [1.29, 1.82) is 0 Å². The smallest absolute Gasteiger partial charge is 0.257 e. The molecule has 1 aromatic carbocycles. The highest BCUT2D eigenvalue weighted by Crippen LogP contribution is 2.63. The largest absolute Gasteiger partial charge is 0.375 e. The van der Waals surface area contributed by atoms with Crippen molar-refractivity contribution in [1.82, 2.24) is 30.2 Å². The third-order valence-electron chi connectivity index (χ3n) is 12.1. The molecule has 4 aliphatic heterocycles. The summed E-state index contributed by atoms with van der Waals surface area (Å²) in [6.45, 7) is 11.1. The second kappa shape index (κ2) is 12.3. The first-order chi connectivity index (χ1) is 22.9. The predicted molar refractivity (Wildman–Crippen MR) is 178 cm³/mol. The first kappa shape index (κ1) is 32.8. The van der Waals surface area contributed by atoms with Gasteiger partial charge in [-0.1, -0.05) is 58.0 Å². The van der Waals surface area contributed by atoms with E-state index in [1.54, 1.807) is 29.0 Å². The summed E-state index contributed by atoms with van der Waals surface area (Å²) in [7, 11) is 1.57. The zero-order chi connectivity index (χ0) is 34.0. The van der Waals surface area contributed by atoms with Gasteiger partial charge in [0.05, 0.1) is 30.3 Å². The molecule has 2 bridgehead atoms. The number of rotatable bonds is 7. The number of nitrogens with zero attached hydrogens (tertiary/aromatic N) is 4. The molecule has 6 fully saturated rings. The third kappa shape index (κ3) is 5.81. The number of carbonyl (C=O) groups excluding carboxylic acids is 4. The molecule has 48 heavy (non-hydrogen) atoms. The minimum atomic E-state index is -0.952. The van der Waals surface area contributed by atoms with E-state index in [2.05, 4.69) is 43.4 Å². The van der Waals surface area contributed by atoms with Crippen LogP contribution in [0.1, 0.15) is 62.9 Å². The number of likely N-dealkylation sites (N-methyl/N-ethyl adjacent to an activating group) is 1. The number of ether oxygens (including phenoxy) is 1. The number of aromatic nitrogens is 2. The number of likely N-dealkylation sites (tertiary alicyclic amines) is 1. The lowest BCUT2D eigenvalue weighted by Gasteiger charge is -2.50. The van der Waals surface area contributed by atoms with Gasteiger partial charge in [-0.05, 0) is 48.0 Å². The van der Waals surface area contributed by atoms with Gasteiger partial charge < -0.3 is 25.2 Å². The minimum absolute atomic E-state index is 0.0554. The van der Waals surface area contributed by atoms with Crippen molar-refractivity contribution in [3.8, 4) is 0 Å². The molecule has 4 saturated heterocycles. The Morgan fingerprint density at radius 3 is 2.44 bits per heavy atom. The van der Waals surface area contributed by atoms with Crippen LogP contribution in [0.15, 0.2) is 42.7 Å². The molecule has 2 saturated carbocycles. The number of carbonyl (C=O) groups is 4. The molecule has 1 spiro atoms. The summed E-state index contributed by atoms with van der Waals surface area (Å²) in [4.78, 5) is 59.4. The van der Waals surface area contributed by atoms with Crippen LogP contribution < -0.4 is 10.6 Å². The Hall–Kier alpha value is -3.73. The molecule has 8 atom stereocenters. The van der Waals surface area contributed by atoms with Crippen LogP contribution >= 0.6 is 0 Å². The fourth-order valence-electron chi connectivity index (χ4n) is 9.76. The lowest BCUT2D eigenvalue weighted by atomic mass is 9.71. The number of hydrogen-bond donors (Lipinski definition) is 2. The zero-order valence-corrected chi connectivity index (χ0v) is 28.9. The highest BCUT2D eigenvalue weighted by Gasteiger charge is 2.70. The Labute approximate surface area is 283 Å². The van der Waals surface area contributed by atoms with E-state index in [0.29, 0.717) is 56.1 Å². The van der Waals surface area contributed by atoms with Crippen molar-refractivity contribution in [2.75, 3.05) is 39.8 Å². The Kier molecular flexibility index (Phi) is 8.41. The van der Waals surface area contributed by atoms with Gasteiger partial charge in [0.25, 0.3) is 5.91 Å². The van der Waals surface area contributed by atoms with Crippen LogP contribution in [0, 0.1) is 46.3 Å². The van der Waals surface area contributed by atoms with E-state index >= 15 is 0 Å². The normalized spacial score (nSPS) is 33.4. The Bertz CT molecular complexity index is 1560. The third-order valence-corrected chi connectivity index (χ3v) is 12.1. The lowest BCUT2D eigenvalue weighted by molar-refractivity contribution is -0.151. The van der Waals surface area contributed by atoms with Crippen LogP contribution in [-0.2, 0) is 25.7 Å². The molecule has 1 aromatic heterocycles. The van der Waals surface area contributed by atoms with Gasteiger partial charge in [0, 0.05) is 63.3 Å². The Morgan fingerprint density at radius 2 is 1.75 bits per heavy atom. The highest BCUT2D eigenvalue weighted by atomic mass is 16.5. The molecular formula is C37H50N6O5. The maximum absolute atomic E-state index is 14.3. The van der Waals surface area contributed by atoms with Gasteiger partial charge >= 0.3 is 0 Å². The highest BCUT2D eigenvalue weighted by molar-refractivity contribution is 5.96. The first-order valence-electron chi connectivity index (χ1n) is 17.7. The molecule has 0 radical (unpaired) electrons. The Balaban J connectivity index is 1.13. The number of amides is 4. The molecule has 6 aliphatic rings. The van der Waals surface area contributed by atoms with Crippen molar-refractivity contribution >= 4 is 23.6 Å². The maximum Gasteiger partial charge on any atom is 0.257 e. The first-order valence-corrected chi connectivity index (χ1v) is 17.7. The van der Waals surface area contributed by atoms with Gasteiger partial charge in [-0.25, -0.2) is 0 Å². The topological polar surface area (TPSA) is 126 Å². The monoisotopic (exact) mass is 658 g/mol. The quantitative estimate of drug-likeness (QED) is 0.472.